The third kappa shape index (κ3) is 2.88. The molecule has 14 heavy (non-hydrogen) atoms. The van der Waals surface area contributed by atoms with Gasteiger partial charge in [0, 0.05) is 45.7 Å². The largest absolute Gasteiger partial charge is 0.383 e. The summed E-state index contributed by atoms with van der Waals surface area (Å²) in [6.45, 7) is 1.61. The lowest BCUT2D eigenvalue weighted by molar-refractivity contribution is 0.206. The van der Waals surface area contributed by atoms with Crippen LogP contribution < -0.4 is 10.2 Å². The van der Waals surface area contributed by atoms with Crippen LogP contribution in [0.4, 0.5) is 11.5 Å². The third-order valence-electron chi connectivity index (χ3n) is 2.07. The SMILES string of the molecule is CNc1cc(N(C)CCOC)ccn1. The van der Waals surface area contributed by atoms with E-state index in [1.54, 1.807) is 13.3 Å². The van der Waals surface area contributed by atoms with E-state index in [1.807, 2.05) is 26.2 Å². The third-order valence-corrected chi connectivity index (χ3v) is 2.07. The fraction of sp³-hybridized carbons (Fsp3) is 0.500. The summed E-state index contributed by atoms with van der Waals surface area (Å²) in [5.41, 5.74) is 1.14. The molecular formula is C10H17N3O. The molecule has 0 aliphatic heterocycles. The molecule has 0 spiro atoms. The zero-order chi connectivity index (χ0) is 10.4. The van der Waals surface area contributed by atoms with Crippen LogP contribution in [0.15, 0.2) is 18.3 Å². The van der Waals surface area contributed by atoms with Gasteiger partial charge in [-0.15, -0.1) is 0 Å². The fourth-order valence-corrected chi connectivity index (χ4v) is 1.15. The highest BCUT2D eigenvalue weighted by atomic mass is 16.5. The van der Waals surface area contributed by atoms with E-state index in [1.165, 1.54) is 0 Å². The fourth-order valence-electron chi connectivity index (χ4n) is 1.15. The van der Waals surface area contributed by atoms with Gasteiger partial charge >= 0.3 is 0 Å². The van der Waals surface area contributed by atoms with Crippen LogP contribution in [0.25, 0.3) is 0 Å². The van der Waals surface area contributed by atoms with E-state index < -0.39 is 0 Å². The van der Waals surface area contributed by atoms with Crippen molar-refractivity contribution < 1.29 is 4.74 Å². The molecule has 1 aromatic heterocycles. The van der Waals surface area contributed by atoms with Crippen molar-refractivity contribution in [3.8, 4) is 0 Å². The van der Waals surface area contributed by atoms with Gasteiger partial charge in [-0.2, -0.15) is 0 Å². The Labute approximate surface area is 84.9 Å². The smallest absolute Gasteiger partial charge is 0.127 e. The van der Waals surface area contributed by atoms with Gasteiger partial charge in [0.25, 0.3) is 0 Å². The summed E-state index contributed by atoms with van der Waals surface area (Å²) in [6, 6.07) is 3.99. The van der Waals surface area contributed by atoms with Gasteiger partial charge in [-0.1, -0.05) is 0 Å². The number of hydrogen-bond donors (Lipinski definition) is 1. The Hall–Kier alpha value is -1.29. The van der Waals surface area contributed by atoms with Gasteiger partial charge in [0.05, 0.1) is 6.61 Å². The minimum atomic E-state index is 0.730. The summed E-state index contributed by atoms with van der Waals surface area (Å²) >= 11 is 0. The number of hydrogen-bond acceptors (Lipinski definition) is 4. The van der Waals surface area contributed by atoms with Crippen LogP contribution in [0.5, 0.6) is 0 Å². The zero-order valence-electron chi connectivity index (χ0n) is 8.95. The summed E-state index contributed by atoms with van der Waals surface area (Å²) < 4.78 is 5.02. The molecule has 0 saturated heterocycles. The summed E-state index contributed by atoms with van der Waals surface area (Å²) in [6.07, 6.45) is 1.80. The van der Waals surface area contributed by atoms with E-state index in [2.05, 4.69) is 15.2 Å². The molecule has 0 atom stereocenters. The number of nitrogens with zero attached hydrogens (tertiary/aromatic N) is 2. The molecule has 0 aliphatic carbocycles. The molecule has 1 N–H and O–H groups in total. The second kappa shape index (κ2) is 5.44. The standard InChI is InChI=1S/C10H17N3O/c1-11-10-8-9(4-5-12-10)13(2)6-7-14-3/h4-5,8H,6-7H2,1-3H3,(H,11,12). The molecule has 0 amide bonds. The molecule has 1 heterocycles. The van der Waals surface area contributed by atoms with Crippen molar-refractivity contribution in [3.63, 3.8) is 0 Å². The van der Waals surface area contributed by atoms with Gasteiger partial charge in [0.1, 0.15) is 5.82 Å². The number of pyridine rings is 1. The first-order chi connectivity index (χ1) is 6.77. The minimum Gasteiger partial charge on any atom is -0.383 e. The molecule has 1 aromatic rings. The molecule has 1 rings (SSSR count). The summed E-state index contributed by atoms with van der Waals surface area (Å²) in [4.78, 5) is 6.28. The Morgan fingerprint density at radius 2 is 2.36 bits per heavy atom. The van der Waals surface area contributed by atoms with Crippen molar-refractivity contribution in [1.29, 1.82) is 0 Å². The van der Waals surface area contributed by atoms with Crippen LogP contribution in [0.3, 0.4) is 0 Å². The Morgan fingerprint density at radius 3 is 3.00 bits per heavy atom. The molecule has 0 aliphatic rings. The van der Waals surface area contributed by atoms with Crippen LogP contribution in [0.1, 0.15) is 0 Å². The first kappa shape index (κ1) is 10.8. The van der Waals surface area contributed by atoms with E-state index in [4.69, 9.17) is 4.74 Å². The topological polar surface area (TPSA) is 37.4 Å². The normalized spacial score (nSPS) is 9.93. The molecule has 0 bridgehead atoms. The highest BCUT2D eigenvalue weighted by Gasteiger charge is 2.00. The van der Waals surface area contributed by atoms with Gasteiger partial charge in [-0.3, -0.25) is 0 Å². The lowest BCUT2D eigenvalue weighted by atomic mass is 10.3. The number of aromatic nitrogens is 1. The highest BCUT2D eigenvalue weighted by Crippen LogP contribution is 2.14. The van der Waals surface area contributed by atoms with Gasteiger partial charge in [-0.05, 0) is 6.07 Å². The molecule has 4 nitrogen and oxygen atoms in total. The number of anilines is 2. The van der Waals surface area contributed by atoms with Crippen LogP contribution in [-0.2, 0) is 4.74 Å². The molecule has 0 unspecified atom stereocenters. The predicted molar refractivity (Wildman–Crippen MR) is 58.9 cm³/mol. The quantitative estimate of drug-likeness (QED) is 0.766. The molecule has 0 saturated carbocycles. The van der Waals surface area contributed by atoms with Crippen molar-refractivity contribution in [2.24, 2.45) is 0 Å². The highest BCUT2D eigenvalue weighted by molar-refractivity contribution is 5.53. The van der Waals surface area contributed by atoms with Crippen LogP contribution in [0, 0.1) is 0 Å². The Kier molecular flexibility index (Phi) is 4.19. The number of likely N-dealkylation sites (N-methyl/N-ethyl adjacent to an activating group) is 1. The van der Waals surface area contributed by atoms with Crippen LogP contribution in [-0.4, -0.2) is 39.3 Å². The summed E-state index contributed by atoms with van der Waals surface area (Å²) in [5, 5.41) is 3.01. The molecule has 0 radical (unpaired) electrons. The lowest BCUT2D eigenvalue weighted by Gasteiger charge is -2.18. The number of rotatable bonds is 5. The maximum Gasteiger partial charge on any atom is 0.127 e. The first-order valence-electron chi connectivity index (χ1n) is 4.62. The van der Waals surface area contributed by atoms with Gasteiger partial charge in [-0.25, -0.2) is 4.98 Å². The average Bonchev–Trinajstić information content (AvgIpc) is 2.26. The Bertz CT molecular complexity index is 278. The Balaban J connectivity index is 2.64. The van der Waals surface area contributed by atoms with Crippen molar-refractivity contribution in [2.75, 3.05) is 44.6 Å². The van der Waals surface area contributed by atoms with Gasteiger partial charge < -0.3 is 15.0 Å². The maximum absolute atomic E-state index is 5.02. The van der Waals surface area contributed by atoms with E-state index in [9.17, 15) is 0 Å². The second-order valence-electron chi connectivity index (χ2n) is 3.06. The zero-order valence-corrected chi connectivity index (χ0v) is 8.95. The maximum atomic E-state index is 5.02. The molecule has 78 valence electrons. The van der Waals surface area contributed by atoms with Crippen molar-refractivity contribution in [1.82, 2.24) is 4.98 Å². The number of nitrogens with one attached hydrogen (secondary N) is 1. The molecule has 0 aromatic carbocycles. The summed E-state index contributed by atoms with van der Waals surface area (Å²) in [5.74, 6) is 0.881. The van der Waals surface area contributed by atoms with Crippen LogP contribution in [0.2, 0.25) is 0 Å². The monoisotopic (exact) mass is 195 g/mol. The van der Waals surface area contributed by atoms with Crippen molar-refractivity contribution in [3.05, 3.63) is 18.3 Å². The van der Waals surface area contributed by atoms with Crippen molar-refractivity contribution in [2.45, 2.75) is 0 Å². The Morgan fingerprint density at radius 1 is 1.57 bits per heavy atom. The first-order valence-corrected chi connectivity index (χ1v) is 4.62. The van der Waals surface area contributed by atoms with Gasteiger partial charge in [0.15, 0.2) is 0 Å². The van der Waals surface area contributed by atoms with Crippen molar-refractivity contribution >= 4 is 11.5 Å². The number of ether oxygens (including phenoxy) is 1. The minimum absolute atomic E-state index is 0.730. The average molecular weight is 195 g/mol. The second-order valence-corrected chi connectivity index (χ2v) is 3.06. The van der Waals surface area contributed by atoms with E-state index >= 15 is 0 Å². The van der Waals surface area contributed by atoms with Gasteiger partial charge in [0.2, 0.25) is 0 Å². The molecule has 0 fully saturated rings. The molecular weight excluding hydrogens is 178 g/mol. The number of methoxy groups -OCH3 is 1. The predicted octanol–water partition coefficient (Wildman–Crippen LogP) is 1.21. The van der Waals surface area contributed by atoms with E-state index in [0.29, 0.717) is 0 Å². The van der Waals surface area contributed by atoms with E-state index in [0.717, 1.165) is 24.7 Å². The lowest BCUT2D eigenvalue weighted by Crippen LogP contribution is -2.22. The van der Waals surface area contributed by atoms with Crippen LogP contribution >= 0.6 is 0 Å². The van der Waals surface area contributed by atoms with E-state index in [-0.39, 0.29) is 0 Å². The summed E-state index contributed by atoms with van der Waals surface area (Å²) in [7, 11) is 5.61. The molecule has 4 heteroatoms.